The summed E-state index contributed by atoms with van der Waals surface area (Å²) in [7, 11) is 1.65. The van der Waals surface area contributed by atoms with E-state index in [0.29, 0.717) is 57.2 Å². The fourth-order valence-corrected chi connectivity index (χ4v) is 3.29. The zero-order valence-corrected chi connectivity index (χ0v) is 17.4. The fraction of sp³-hybridized carbons (Fsp3) is 0.391. The monoisotopic (exact) mass is 411 g/mol. The van der Waals surface area contributed by atoms with E-state index in [1.165, 1.54) is 0 Å². The third kappa shape index (κ3) is 6.57. The molecule has 0 aromatic heterocycles. The number of hydrogen-bond acceptors (Lipinski definition) is 5. The quantitative estimate of drug-likeness (QED) is 0.642. The molecular weight excluding hydrogens is 382 g/mol. The maximum Gasteiger partial charge on any atom is 0.253 e. The van der Waals surface area contributed by atoms with Crippen LogP contribution in [-0.4, -0.2) is 74.6 Å². The summed E-state index contributed by atoms with van der Waals surface area (Å²) in [6.07, 6.45) is 0.805. The van der Waals surface area contributed by atoms with E-state index >= 15 is 0 Å². The molecule has 1 saturated heterocycles. The highest BCUT2D eigenvalue weighted by atomic mass is 16.5. The summed E-state index contributed by atoms with van der Waals surface area (Å²) in [4.78, 5) is 28.7. The lowest BCUT2D eigenvalue weighted by Gasteiger charge is -2.34. The van der Waals surface area contributed by atoms with Crippen molar-refractivity contribution < 1.29 is 19.1 Å². The van der Waals surface area contributed by atoms with Crippen LogP contribution in [0, 0.1) is 0 Å². The second-order valence-corrected chi connectivity index (χ2v) is 7.20. The number of para-hydroxylation sites is 1. The molecule has 30 heavy (non-hydrogen) atoms. The third-order valence-electron chi connectivity index (χ3n) is 4.95. The van der Waals surface area contributed by atoms with Gasteiger partial charge in [-0.1, -0.05) is 18.2 Å². The molecule has 7 nitrogen and oxygen atoms in total. The lowest BCUT2D eigenvalue weighted by atomic mass is 10.1. The Bertz CT molecular complexity index is 803. The Morgan fingerprint density at radius 2 is 1.60 bits per heavy atom. The smallest absolute Gasteiger partial charge is 0.253 e. The zero-order valence-electron chi connectivity index (χ0n) is 17.4. The van der Waals surface area contributed by atoms with E-state index in [-0.39, 0.29) is 11.8 Å². The number of nitrogens with zero attached hydrogens (tertiary/aromatic N) is 2. The Hall–Kier alpha value is -2.90. The number of methoxy groups -OCH3 is 1. The van der Waals surface area contributed by atoms with E-state index in [9.17, 15) is 9.59 Å². The van der Waals surface area contributed by atoms with E-state index < -0.39 is 0 Å². The van der Waals surface area contributed by atoms with Crippen LogP contribution in [0.1, 0.15) is 16.8 Å². The molecule has 1 heterocycles. The Balaban J connectivity index is 1.43. The van der Waals surface area contributed by atoms with E-state index in [4.69, 9.17) is 9.47 Å². The van der Waals surface area contributed by atoms with Crippen LogP contribution < -0.4 is 10.1 Å². The first-order valence-electron chi connectivity index (χ1n) is 10.3. The average molecular weight is 412 g/mol. The van der Waals surface area contributed by atoms with Crippen LogP contribution in [0.3, 0.4) is 0 Å². The lowest BCUT2D eigenvalue weighted by molar-refractivity contribution is -0.122. The molecule has 2 aromatic carbocycles. The second-order valence-electron chi connectivity index (χ2n) is 7.20. The van der Waals surface area contributed by atoms with Gasteiger partial charge in [-0.2, -0.15) is 0 Å². The normalized spacial score (nSPS) is 14.4. The minimum Gasteiger partial charge on any atom is -0.457 e. The van der Waals surface area contributed by atoms with Gasteiger partial charge in [-0.25, -0.2) is 0 Å². The predicted molar refractivity (Wildman–Crippen MR) is 115 cm³/mol. The number of amides is 2. The highest BCUT2D eigenvalue weighted by molar-refractivity contribution is 5.94. The van der Waals surface area contributed by atoms with Crippen molar-refractivity contribution in [1.82, 2.24) is 15.1 Å². The van der Waals surface area contributed by atoms with Crippen LogP contribution in [0.15, 0.2) is 54.6 Å². The van der Waals surface area contributed by atoms with Gasteiger partial charge in [-0.05, 0) is 42.8 Å². The van der Waals surface area contributed by atoms with Gasteiger partial charge < -0.3 is 19.7 Å². The minimum absolute atomic E-state index is 0.00456. The van der Waals surface area contributed by atoms with Crippen LogP contribution in [0.2, 0.25) is 0 Å². The highest BCUT2D eigenvalue weighted by Gasteiger charge is 2.23. The van der Waals surface area contributed by atoms with E-state index in [1.807, 2.05) is 47.4 Å². The molecule has 1 aliphatic rings. The van der Waals surface area contributed by atoms with Gasteiger partial charge >= 0.3 is 0 Å². The highest BCUT2D eigenvalue weighted by Crippen LogP contribution is 2.21. The summed E-state index contributed by atoms with van der Waals surface area (Å²) < 4.78 is 10.7. The SMILES string of the molecule is COCCCNC(=O)CN1CCN(C(=O)c2ccc(Oc3ccccc3)cc2)CC1. The third-order valence-corrected chi connectivity index (χ3v) is 4.95. The van der Waals surface area contributed by atoms with E-state index in [2.05, 4.69) is 10.2 Å². The van der Waals surface area contributed by atoms with Crippen molar-refractivity contribution in [2.45, 2.75) is 6.42 Å². The van der Waals surface area contributed by atoms with Gasteiger partial charge in [0.05, 0.1) is 6.54 Å². The molecule has 0 bridgehead atoms. The van der Waals surface area contributed by atoms with Crippen LogP contribution in [0.5, 0.6) is 11.5 Å². The average Bonchev–Trinajstić information content (AvgIpc) is 2.78. The van der Waals surface area contributed by atoms with Gasteiger partial charge in [-0.3, -0.25) is 14.5 Å². The molecule has 3 rings (SSSR count). The number of carbonyl (C=O) groups excluding carboxylic acids is 2. The summed E-state index contributed by atoms with van der Waals surface area (Å²) in [5.74, 6) is 1.47. The van der Waals surface area contributed by atoms with E-state index in [1.54, 1.807) is 19.2 Å². The van der Waals surface area contributed by atoms with Crippen molar-refractivity contribution in [2.75, 3.05) is 53.0 Å². The molecule has 0 spiro atoms. The number of benzene rings is 2. The van der Waals surface area contributed by atoms with Crippen LogP contribution in [0.25, 0.3) is 0 Å². The summed E-state index contributed by atoms with van der Waals surface area (Å²) in [5.41, 5.74) is 0.639. The summed E-state index contributed by atoms with van der Waals surface area (Å²) in [6, 6.07) is 16.7. The topological polar surface area (TPSA) is 71.1 Å². The van der Waals surface area contributed by atoms with Gasteiger partial charge in [0.1, 0.15) is 11.5 Å². The van der Waals surface area contributed by atoms with Gasteiger partial charge in [0.15, 0.2) is 0 Å². The zero-order chi connectivity index (χ0) is 21.2. The number of hydrogen-bond donors (Lipinski definition) is 1. The molecule has 1 N–H and O–H groups in total. The molecule has 2 amide bonds. The number of piperazine rings is 1. The first kappa shape index (κ1) is 21.8. The Morgan fingerprint density at radius 1 is 0.933 bits per heavy atom. The molecule has 1 fully saturated rings. The van der Waals surface area contributed by atoms with Crippen molar-refractivity contribution in [3.63, 3.8) is 0 Å². The molecule has 1 aliphatic heterocycles. The first-order chi connectivity index (χ1) is 14.7. The summed E-state index contributed by atoms with van der Waals surface area (Å²) >= 11 is 0. The number of ether oxygens (including phenoxy) is 2. The number of carbonyl (C=O) groups is 2. The van der Waals surface area contributed by atoms with Crippen molar-refractivity contribution in [2.24, 2.45) is 0 Å². The molecule has 7 heteroatoms. The summed E-state index contributed by atoms with van der Waals surface area (Å²) in [6.45, 7) is 4.21. The number of rotatable bonds is 9. The van der Waals surface area contributed by atoms with Gasteiger partial charge in [0.2, 0.25) is 5.91 Å². The Kier molecular flexibility index (Phi) is 8.23. The standard InChI is InChI=1S/C23H29N3O4/c1-29-17-5-12-24-22(27)18-25-13-15-26(16-14-25)23(28)19-8-10-21(11-9-19)30-20-6-3-2-4-7-20/h2-4,6-11H,5,12-18H2,1H3,(H,24,27). The Morgan fingerprint density at radius 3 is 2.27 bits per heavy atom. The largest absolute Gasteiger partial charge is 0.457 e. The number of nitrogens with one attached hydrogen (secondary N) is 1. The maximum atomic E-state index is 12.8. The van der Waals surface area contributed by atoms with Crippen LogP contribution in [-0.2, 0) is 9.53 Å². The molecule has 0 aliphatic carbocycles. The Labute approximate surface area is 177 Å². The molecule has 0 unspecified atom stereocenters. The second kappa shape index (κ2) is 11.3. The molecule has 160 valence electrons. The van der Waals surface area contributed by atoms with Crippen LogP contribution >= 0.6 is 0 Å². The fourth-order valence-electron chi connectivity index (χ4n) is 3.29. The van der Waals surface area contributed by atoms with Gasteiger partial charge in [0, 0.05) is 52.0 Å². The lowest BCUT2D eigenvalue weighted by Crippen LogP contribution is -2.51. The summed E-state index contributed by atoms with van der Waals surface area (Å²) in [5, 5.41) is 2.89. The van der Waals surface area contributed by atoms with Crippen molar-refractivity contribution >= 4 is 11.8 Å². The van der Waals surface area contributed by atoms with Crippen molar-refractivity contribution in [3.8, 4) is 11.5 Å². The predicted octanol–water partition coefficient (Wildman–Crippen LogP) is 2.39. The van der Waals surface area contributed by atoms with Gasteiger partial charge in [0.25, 0.3) is 5.91 Å². The van der Waals surface area contributed by atoms with E-state index in [0.717, 1.165) is 12.2 Å². The molecular formula is C23H29N3O4. The minimum atomic E-state index is 0.00456. The van der Waals surface area contributed by atoms with Crippen molar-refractivity contribution in [3.05, 3.63) is 60.2 Å². The maximum absolute atomic E-state index is 12.8. The van der Waals surface area contributed by atoms with Crippen LogP contribution in [0.4, 0.5) is 0 Å². The molecule has 0 radical (unpaired) electrons. The molecule has 2 aromatic rings. The molecule has 0 atom stereocenters. The first-order valence-corrected chi connectivity index (χ1v) is 10.3. The van der Waals surface area contributed by atoms with Gasteiger partial charge in [-0.15, -0.1) is 0 Å². The molecule has 0 saturated carbocycles. The van der Waals surface area contributed by atoms with Crippen molar-refractivity contribution in [1.29, 1.82) is 0 Å².